The molecule has 1 saturated carbocycles. The third kappa shape index (κ3) is 4.77. The fraction of sp³-hybridized carbons (Fsp3) is 0.929. The Balaban J connectivity index is 2.28. The van der Waals surface area contributed by atoms with Gasteiger partial charge >= 0.3 is 0 Å². The molecule has 1 aliphatic carbocycles. The Labute approximate surface area is 116 Å². The Hall–Kier alpha value is -0.280. The second kappa shape index (κ2) is 6.76. The Bertz CT molecular complexity index is 269. The molecule has 1 aliphatic rings. The van der Waals surface area contributed by atoms with Gasteiger partial charge in [-0.3, -0.25) is 4.79 Å². The van der Waals surface area contributed by atoms with Gasteiger partial charge in [-0.25, -0.2) is 0 Å². The molecular formula is C14H26ClNO2. The standard InChI is InChI=1S/C14H26ClNO2/c1-13(2,6-5-9-15)11-16-12(17)10-14(18-3)7-4-8-14/h4-11H2,1-3H3,(H,16,17). The number of amides is 1. The minimum absolute atomic E-state index is 0.107. The number of hydrogen-bond donors (Lipinski definition) is 1. The number of halogens is 1. The molecule has 18 heavy (non-hydrogen) atoms. The summed E-state index contributed by atoms with van der Waals surface area (Å²) in [5.74, 6) is 0.792. The van der Waals surface area contributed by atoms with Crippen molar-refractivity contribution in [3.05, 3.63) is 0 Å². The molecule has 1 N–H and O–H groups in total. The topological polar surface area (TPSA) is 38.3 Å². The molecule has 0 atom stereocenters. The van der Waals surface area contributed by atoms with Crippen LogP contribution < -0.4 is 5.32 Å². The molecule has 1 amide bonds. The van der Waals surface area contributed by atoms with Crippen LogP contribution in [-0.2, 0) is 9.53 Å². The van der Waals surface area contributed by atoms with Crippen LogP contribution in [0.5, 0.6) is 0 Å². The second-order valence-corrected chi connectivity index (χ2v) is 6.53. The predicted octanol–water partition coefficient (Wildman–Crippen LogP) is 3.11. The number of nitrogens with one attached hydrogen (secondary N) is 1. The lowest BCUT2D eigenvalue weighted by atomic mass is 9.77. The molecule has 0 saturated heterocycles. The molecule has 4 heteroatoms. The predicted molar refractivity (Wildman–Crippen MR) is 75.0 cm³/mol. The average Bonchev–Trinajstić information content (AvgIpc) is 2.29. The van der Waals surface area contributed by atoms with Crippen molar-refractivity contribution >= 4 is 17.5 Å². The smallest absolute Gasteiger partial charge is 0.222 e. The first-order chi connectivity index (χ1) is 8.43. The van der Waals surface area contributed by atoms with E-state index >= 15 is 0 Å². The Morgan fingerprint density at radius 2 is 2.11 bits per heavy atom. The molecule has 1 rings (SSSR count). The zero-order valence-electron chi connectivity index (χ0n) is 11.9. The van der Waals surface area contributed by atoms with E-state index in [-0.39, 0.29) is 16.9 Å². The summed E-state index contributed by atoms with van der Waals surface area (Å²) in [5, 5.41) is 3.03. The van der Waals surface area contributed by atoms with Crippen LogP contribution in [0.4, 0.5) is 0 Å². The van der Waals surface area contributed by atoms with E-state index in [2.05, 4.69) is 19.2 Å². The van der Waals surface area contributed by atoms with Gasteiger partial charge in [-0.05, 0) is 37.5 Å². The minimum atomic E-state index is -0.176. The van der Waals surface area contributed by atoms with E-state index < -0.39 is 0 Å². The van der Waals surface area contributed by atoms with Crippen LogP contribution in [0.15, 0.2) is 0 Å². The number of rotatable bonds is 8. The van der Waals surface area contributed by atoms with Crippen LogP contribution in [-0.4, -0.2) is 31.0 Å². The first-order valence-corrected chi connectivity index (χ1v) is 7.34. The summed E-state index contributed by atoms with van der Waals surface area (Å²) in [6.07, 6.45) is 5.70. The SMILES string of the molecule is COC1(CC(=O)NCC(C)(C)CCCCl)CCC1. The molecule has 0 aromatic carbocycles. The summed E-state index contributed by atoms with van der Waals surface area (Å²) in [4.78, 5) is 11.9. The molecule has 0 heterocycles. The monoisotopic (exact) mass is 275 g/mol. The van der Waals surface area contributed by atoms with Crippen LogP contribution in [0.3, 0.4) is 0 Å². The van der Waals surface area contributed by atoms with Gasteiger partial charge in [0.1, 0.15) is 0 Å². The molecule has 0 aromatic rings. The largest absolute Gasteiger partial charge is 0.378 e. The van der Waals surface area contributed by atoms with Gasteiger partial charge in [-0.15, -0.1) is 11.6 Å². The molecule has 0 bridgehead atoms. The molecule has 0 aliphatic heterocycles. The first kappa shape index (κ1) is 15.8. The Kier molecular flexibility index (Phi) is 5.93. The van der Waals surface area contributed by atoms with E-state index in [4.69, 9.17) is 16.3 Å². The van der Waals surface area contributed by atoms with Crippen LogP contribution in [0, 0.1) is 5.41 Å². The third-order valence-corrected chi connectivity index (χ3v) is 4.20. The van der Waals surface area contributed by atoms with E-state index in [1.807, 2.05) is 0 Å². The van der Waals surface area contributed by atoms with Gasteiger partial charge in [-0.2, -0.15) is 0 Å². The highest BCUT2D eigenvalue weighted by Gasteiger charge is 2.39. The fourth-order valence-corrected chi connectivity index (χ4v) is 2.48. The molecule has 1 fully saturated rings. The van der Waals surface area contributed by atoms with E-state index in [0.717, 1.165) is 25.7 Å². The summed E-state index contributed by atoms with van der Waals surface area (Å²) < 4.78 is 5.46. The summed E-state index contributed by atoms with van der Waals surface area (Å²) in [6, 6.07) is 0. The highest BCUT2D eigenvalue weighted by molar-refractivity contribution is 6.17. The van der Waals surface area contributed by atoms with Crippen LogP contribution in [0.2, 0.25) is 0 Å². The quantitative estimate of drug-likeness (QED) is 0.691. The Morgan fingerprint density at radius 1 is 1.44 bits per heavy atom. The van der Waals surface area contributed by atoms with Crippen molar-refractivity contribution in [3.63, 3.8) is 0 Å². The second-order valence-electron chi connectivity index (χ2n) is 6.15. The molecule has 0 aromatic heterocycles. The highest BCUT2D eigenvalue weighted by atomic mass is 35.5. The van der Waals surface area contributed by atoms with Gasteiger partial charge in [0.2, 0.25) is 5.91 Å². The number of carbonyl (C=O) groups excluding carboxylic acids is 1. The van der Waals surface area contributed by atoms with Crippen molar-refractivity contribution in [1.82, 2.24) is 5.32 Å². The van der Waals surface area contributed by atoms with Crippen LogP contribution in [0.1, 0.15) is 52.4 Å². The van der Waals surface area contributed by atoms with Crippen LogP contribution >= 0.6 is 11.6 Å². The van der Waals surface area contributed by atoms with E-state index in [0.29, 0.717) is 18.8 Å². The number of ether oxygens (including phenoxy) is 1. The lowest BCUT2D eigenvalue weighted by Crippen LogP contribution is -2.45. The summed E-state index contributed by atoms with van der Waals surface area (Å²) in [6.45, 7) is 5.03. The van der Waals surface area contributed by atoms with Crippen molar-refractivity contribution in [2.75, 3.05) is 19.5 Å². The van der Waals surface area contributed by atoms with E-state index in [1.165, 1.54) is 6.42 Å². The number of alkyl halides is 1. The summed E-state index contributed by atoms with van der Waals surface area (Å²) in [5.41, 5.74) is -0.0608. The highest BCUT2D eigenvalue weighted by Crippen LogP contribution is 2.37. The van der Waals surface area contributed by atoms with Crippen molar-refractivity contribution in [2.45, 2.75) is 58.0 Å². The number of methoxy groups -OCH3 is 1. The van der Waals surface area contributed by atoms with Gasteiger partial charge in [-0.1, -0.05) is 13.8 Å². The zero-order chi connectivity index (χ0) is 13.6. The van der Waals surface area contributed by atoms with Crippen molar-refractivity contribution < 1.29 is 9.53 Å². The van der Waals surface area contributed by atoms with Gasteiger partial charge in [0, 0.05) is 19.5 Å². The first-order valence-electron chi connectivity index (χ1n) is 6.81. The van der Waals surface area contributed by atoms with E-state index in [1.54, 1.807) is 7.11 Å². The van der Waals surface area contributed by atoms with Crippen molar-refractivity contribution in [2.24, 2.45) is 5.41 Å². The van der Waals surface area contributed by atoms with Crippen molar-refractivity contribution in [1.29, 1.82) is 0 Å². The third-order valence-electron chi connectivity index (χ3n) is 3.93. The zero-order valence-corrected chi connectivity index (χ0v) is 12.6. The maximum Gasteiger partial charge on any atom is 0.222 e. The molecule has 3 nitrogen and oxygen atoms in total. The van der Waals surface area contributed by atoms with Gasteiger partial charge in [0.25, 0.3) is 0 Å². The van der Waals surface area contributed by atoms with Crippen molar-refractivity contribution in [3.8, 4) is 0 Å². The maximum absolute atomic E-state index is 11.9. The maximum atomic E-state index is 11.9. The molecule has 0 spiro atoms. The lowest BCUT2D eigenvalue weighted by Gasteiger charge is -2.40. The number of hydrogen-bond acceptors (Lipinski definition) is 2. The average molecular weight is 276 g/mol. The van der Waals surface area contributed by atoms with Gasteiger partial charge < -0.3 is 10.1 Å². The molecular weight excluding hydrogens is 250 g/mol. The van der Waals surface area contributed by atoms with E-state index in [9.17, 15) is 4.79 Å². The summed E-state index contributed by atoms with van der Waals surface area (Å²) in [7, 11) is 1.71. The Morgan fingerprint density at radius 3 is 2.56 bits per heavy atom. The summed E-state index contributed by atoms with van der Waals surface area (Å²) >= 11 is 5.70. The minimum Gasteiger partial charge on any atom is -0.378 e. The van der Waals surface area contributed by atoms with Gasteiger partial charge in [0.05, 0.1) is 12.0 Å². The van der Waals surface area contributed by atoms with Gasteiger partial charge in [0.15, 0.2) is 0 Å². The number of carbonyl (C=O) groups is 1. The molecule has 0 unspecified atom stereocenters. The normalized spacial score (nSPS) is 18.2. The fourth-order valence-electron chi connectivity index (χ4n) is 2.35. The lowest BCUT2D eigenvalue weighted by molar-refractivity contribution is -0.134. The molecule has 0 radical (unpaired) electrons. The van der Waals surface area contributed by atoms with Crippen LogP contribution in [0.25, 0.3) is 0 Å². The molecule has 106 valence electrons.